The number of nitrogens with one attached hydrogen (secondary N) is 1. The van der Waals surface area contributed by atoms with Crippen LogP contribution in [0.2, 0.25) is 0 Å². The van der Waals surface area contributed by atoms with Crippen LogP contribution in [0.1, 0.15) is 19.8 Å². The van der Waals surface area contributed by atoms with Gasteiger partial charge in [0.15, 0.2) is 5.82 Å². The molecule has 1 aromatic rings. The quantitative estimate of drug-likeness (QED) is 0.530. The van der Waals surface area contributed by atoms with Crippen molar-refractivity contribution in [3.05, 3.63) is 0 Å². The number of thioether (sulfide) groups is 1. The first kappa shape index (κ1) is 12.6. The summed E-state index contributed by atoms with van der Waals surface area (Å²) in [4.78, 5) is 1.03. The number of aliphatic hydroxyl groups excluding tert-OH is 1. The molecule has 0 aliphatic carbocycles. The number of hydrogen-bond acceptors (Lipinski definition) is 6. The van der Waals surface area contributed by atoms with E-state index in [1.54, 1.807) is 18.7 Å². The summed E-state index contributed by atoms with van der Waals surface area (Å²) >= 11 is 2.99. The van der Waals surface area contributed by atoms with Crippen molar-refractivity contribution in [2.45, 2.75) is 30.8 Å². The molecule has 0 saturated heterocycles. The SMILES string of the molecule is CSc1c(N)nsc1NCCCC(C)O. The zero-order chi connectivity index (χ0) is 11.3. The summed E-state index contributed by atoms with van der Waals surface area (Å²) in [5.41, 5.74) is 5.70. The van der Waals surface area contributed by atoms with Gasteiger partial charge >= 0.3 is 0 Å². The molecule has 6 heteroatoms. The van der Waals surface area contributed by atoms with Crippen molar-refractivity contribution < 1.29 is 5.11 Å². The molecule has 1 rings (SSSR count). The van der Waals surface area contributed by atoms with Crippen LogP contribution in [-0.4, -0.2) is 28.4 Å². The average molecular weight is 247 g/mol. The van der Waals surface area contributed by atoms with E-state index < -0.39 is 0 Å². The molecule has 0 aromatic carbocycles. The molecule has 1 aromatic heterocycles. The molecule has 0 fully saturated rings. The zero-order valence-electron chi connectivity index (χ0n) is 8.99. The van der Waals surface area contributed by atoms with Crippen LogP contribution in [0, 0.1) is 0 Å². The maximum Gasteiger partial charge on any atom is 0.153 e. The lowest BCUT2D eigenvalue weighted by Gasteiger charge is -2.06. The average Bonchev–Trinajstić information content (AvgIpc) is 2.53. The molecule has 0 amide bonds. The van der Waals surface area contributed by atoms with Crippen molar-refractivity contribution in [1.29, 1.82) is 0 Å². The van der Waals surface area contributed by atoms with E-state index in [2.05, 4.69) is 9.69 Å². The second kappa shape index (κ2) is 6.19. The summed E-state index contributed by atoms with van der Waals surface area (Å²) in [7, 11) is 0. The lowest BCUT2D eigenvalue weighted by molar-refractivity contribution is 0.183. The summed E-state index contributed by atoms with van der Waals surface area (Å²) < 4.78 is 4.09. The maximum absolute atomic E-state index is 9.09. The van der Waals surface area contributed by atoms with E-state index in [0.29, 0.717) is 5.82 Å². The second-order valence-electron chi connectivity index (χ2n) is 3.35. The van der Waals surface area contributed by atoms with Gasteiger partial charge < -0.3 is 16.2 Å². The third-order valence-corrected chi connectivity index (χ3v) is 3.73. The maximum atomic E-state index is 9.09. The lowest BCUT2D eigenvalue weighted by atomic mass is 10.2. The van der Waals surface area contributed by atoms with Gasteiger partial charge in [-0.25, -0.2) is 0 Å². The summed E-state index contributed by atoms with van der Waals surface area (Å²) in [6.45, 7) is 2.65. The molecule has 0 bridgehead atoms. The lowest BCUT2D eigenvalue weighted by Crippen LogP contribution is -2.06. The number of anilines is 2. The van der Waals surface area contributed by atoms with Gasteiger partial charge in [-0.05, 0) is 37.6 Å². The highest BCUT2D eigenvalue weighted by atomic mass is 32.2. The zero-order valence-corrected chi connectivity index (χ0v) is 10.6. The molecule has 86 valence electrons. The van der Waals surface area contributed by atoms with Crippen molar-refractivity contribution >= 4 is 34.1 Å². The van der Waals surface area contributed by atoms with Crippen molar-refractivity contribution in [2.75, 3.05) is 23.9 Å². The molecule has 0 aliphatic rings. The molecule has 15 heavy (non-hydrogen) atoms. The molecule has 1 unspecified atom stereocenters. The van der Waals surface area contributed by atoms with Gasteiger partial charge in [0.25, 0.3) is 0 Å². The number of hydrogen-bond donors (Lipinski definition) is 3. The predicted octanol–water partition coefficient (Wildman–Crippen LogP) is 2.02. The van der Waals surface area contributed by atoms with Gasteiger partial charge in [-0.3, -0.25) is 0 Å². The van der Waals surface area contributed by atoms with Gasteiger partial charge in [-0.15, -0.1) is 11.8 Å². The molecule has 1 heterocycles. The number of nitrogens with zero attached hydrogens (tertiary/aromatic N) is 1. The summed E-state index contributed by atoms with van der Waals surface area (Å²) in [6, 6.07) is 0. The van der Waals surface area contributed by atoms with Gasteiger partial charge in [0.1, 0.15) is 5.00 Å². The van der Waals surface area contributed by atoms with Crippen molar-refractivity contribution in [3.8, 4) is 0 Å². The Morgan fingerprint density at radius 2 is 2.40 bits per heavy atom. The second-order valence-corrected chi connectivity index (χ2v) is 4.94. The molecular weight excluding hydrogens is 230 g/mol. The van der Waals surface area contributed by atoms with Crippen LogP contribution in [0.5, 0.6) is 0 Å². The Balaban J connectivity index is 2.37. The van der Waals surface area contributed by atoms with Crippen LogP contribution in [0.15, 0.2) is 4.90 Å². The Hall–Kier alpha value is -0.460. The van der Waals surface area contributed by atoms with E-state index in [1.165, 1.54) is 11.5 Å². The number of nitrogens with two attached hydrogens (primary N) is 1. The van der Waals surface area contributed by atoms with Gasteiger partial charge in [-0.2, -0.15) is 4.37 Å². The fourth-order valence-electron chi connectivity index (χ4n) is 1.20. The van der Waals surface area contributed by atoms with E-state index in [9.17, 15) is 0 Å². The first-order valence-electron chi connectivity index (χ1n) is 4.86. The van der Waals surface area contributed by atoms with E-state index in [0.717, 1.165) is 29.3 Å². The standard InChI is InChI=1S/C9H17N3OS2/c1-6(13)4-3-5-11-9-7(14-2)8(10)12-15-9/h6,11,13H,3-5H2,1-2H3,(H2,10,12). The topological polar surface area (TPSA) is 71.2 Å². The van der Waals surface area contributed by atoms with Crippen LogP contribution in [-0.2, 0) is 0 Å². The van der Waals surface area contributed by atoms with Gasteiger partial charge in [0, 0.05) is 6.54 Å². The smallest absolute Gasteiger partial charge is 0.153 e. The first-order chi connectivity index (χ1) is 7.15. The predicted molar refractivity (Wildman–Crippen MR) is 67.7 cm³/mol. The highest BCUT2D eigenvalue weighted by Crippen LogP contribution is 2.34. The molecule has 0 aliphatic heterocycles. The summed E-state index contributed by atoms with van der Waals surface area (Å²) in [6.07, 6.45) is 3.53. The first-order valence-corrected chi connectivity index (χ1v) is 6.86. The van der Waals surface area contributed by atoms with Crippen LogP contribution in [0.3, 0.4) is 0 Å². The van der Waals surface area contributed by atoms with E-state index >= 15 is 0 Å². The minimum Gasteiger partial charge on any atom is -0.393 e. The van der Waals surface area contributed by atoms with Crippen LogP contribution in [0.25, 0.3) is 0 Å². The van der Waals surface area contributed by atoms with E-state index in [-0.39, 0.29) is 6.10 Å². The number of aliphatic hydroxyl groups is 1. The van der Waals surface area contributed by atoms with Crippen molar-refractivity contribution in [3.63, 3.8) is 0 Å². The van der Waals surface area contributed by atoms with Gasteiger partial charge in [0.2, 0.25) is 0 Å². The Morgan fingerprint density at radius 1 is 1.67 bits per heavy atom. The fourth-order valence-corrected chi connectivity index (χ4v) is 2.77. The van der Waals surface area contributed by atoms with E-state index in [1.807, 2.05) is 6.26 Å². The summed E-state index contributed by atoms with van der Waals surface area (Å²) in [5.74, 6) is 0.602. The van der Waals surface area contributed by atoms with Crippen LogP contribution < -0.4 is 11.1 Å². The Labute approximate surface area is 98.4 Å². The minimum atomic E-state index is -0.224. The number of rotatable bonds is 6. The molecular formula is C9H17N3OS2. The van der Waals surface area contributed by atoms with E-state index in [4.69, 9.17) is 10.8 Å². The fraction of sp³-hybridized carbons (Fsp3) is 0.667. The molecule has 0 radical (unpaired) electrons. The number of aromatic nitrogens is 1. The van der Waals surface area contributed by atoms with Crippen molar-refractivity contribution in [1.82, 2.24) is 4.37 Å². The Kier molecular flexibility index (Phi) is 5.21. The normalized spacial score (nSPS) is 12.7. The molecule has 1 atom stereocenters. The molecule has 4 N–H and O–H groups in total. The molecule has 4 nitrogen and oxygen atoms in total. The van der Waals surface area contributed by atoms with Gasteiger partial charge in [-0.1, -0.05) is 0 Å². The summed E-state index contributed by atoms with van der Waals surface area (Å²) in [5, 5.41) is 13.4. The number of nitrogen functional groups attached to an aromatic ring is 1. The third kappa shape index (κ3) is 3.89. The minimum absolute atomic E-state index is 0.224. The third-order valence-electron chi connectivity index (χ3n) is 1.96. The molecule has 0 spiro atoms. The Bertz CT molecular complexity index is 302. The van der Waals surface area contributed by atoms with Crippen LogP contribution in [0.4, 0.5) is 10.8 Å². The largest absolute Gasteiger partial charge is 0.393 e. The Morgan fingerprint density at radius 3 is 3.00 bits per heavy atom. The monoisotopic (exact) mass is 247 g/mol. The highest BCUT2D eigenvalue weighted by Gasteiger charge is 2.09. The highest BCUT2D eigenvalue weighted by molar-refractivity contribution is 7.99. The van der Waals surface area contributed by atoms with Gasteiger partial charge in [0.05, 0.1) is 11.0 Å². The van der Waals surface area contributed by atoms with Crippen LogP contribution >= 0.6 is 23.3 Å². The van der Waals surface area contributed by atoms with Crippen molar-refractivity contribution in [2.24, 2.45) is 0 Å². The molecule has 0 saturated carbocycles.